The molecule has 0 aromatic heterocycles. The fourth-order valence-electron chi connectivity index (χ4n) is 2.19. The molecular formula is C21H19NO4. The number of nitrogens with one attached hydrogen (secondary N) is 1. The van der Waals surface area contributed by atoms with Gasteiger partial charge in [0, 0.05) is 18.1 Å². The zero-order chi connectivity index (χ0) is 18.8. The minimum absolute atomic E-state index is 0.343. The molecule has 0 unspecified atom stereocenters. The van der Waals surface area contributed by atoms with Crippen LogP contribution in [-0.4, -0.2) is 25.9 Å². The number of aldehydes is 1. The number of carbonyl (C=O) groups excluding carboxylic acids is 2. The van der Waals surface area contributed by atoms with E-state index in [0.29, 0.717) is 42.1 Å². The second kappa shape index (κ2) is 9.70. The van der Waals surface area contributed by atoms with Crippen LogP contribution < -0.4 is 14.8 Å². The quantitative estimate of drug-likeness (QED) is 0.342. The topological polar surface area (TPSA) is 64.6 Å². The molecule has 26 heavy (non-hydrogen) atoms. The van der Waals surface area contributed by atoms with Crippen LogP contribution in [0.25, 0.3) is 6.08 Å². The minimum atomic E-state index is -0.343. The Balaban J connectivity index is 2.09. The highest BCUT2D eigenvalue weighted by atomic mass is 16.5. The number of methoxy groups -OCH3 is 1. The number of hydrogen-bond acceptors (Lipinski definition) is 4. The van der Waals surface area contributed by atoms with E-state index in [0.717, 1.165) is 5.56 Å². The van der Waals surface area contributed by atoms with Crippen LogP contribution in [0.2, 0.25) is 0 Å². The van der Waals surface area contributed by atoms with Gasteiger partial charge in [-0.15, -0.1) is 12.3 Å². The Hall–Kier alpha value is -3.52. The van der Waals surface area contributed by atoms with Crippen LogP contribution in [0.15, 0.2) is 48.5 Å². The van der Waals surface area contributed by atoms with Crippen molar-refractivity contribution in [2.75, 3.05) is 19.0 Å². The fraction of sp³-hybridized carbons (Fsp3) is 0.143. The lowest BCUT2D eigenvalue weighted by molar-refractivity contribution is -0.111. The fourth-order valence-corrected chi connectivity index (χ4v) is 2.19. The highest BCUT2D eigenvalue weighted by molar-refractivity contribution is 6.04. The summed E-state index contributed by atoms with van der Waals surface area (Å²) in [6.07, 6.45) is 9.43. The number of para-hydroxylation sites is 1. The summed E-state index contributed by atoms with van der Waals surface area (Å²) in [4.78, 5) is 23.1. The van der Waals surface area contributed by atoms with Crippen molar-refractivity contribution in [3.05, 3.63) is 59.7 Å². The molecule has 1 N–H and O–H groups in total. The van der Waals surface area contributed by atoms with E-state index in [1.165, 1.54) is 6.08 Å². The molecule has 132 valence electrons. The number of ether oxygens (including phenoxy) is 2. The molecule has 2 rings (SSSR count). The van der Waals surface area contributed by atoms with Crippen LogP contribution in [0.4, 0.5) is 5.69 Å². The Kier molecular flexibility index (Phi) is 7.02. The second-order valence-corrected chi connectivity index (χ2v) is 5.24. The summed E-state index contributed by atoms with van der Waals surface area (Å²) >= 11 is 0. The Morgan fingerprint density at radius 3 is 2.77 bits per heavy atom. The molecule has 0 fully saturated rings. The van der Waals surface area contributed by atoms with Crippen molar-refractivity contribution in [2.45, 2.75) is 6.42 Å². The predicted molar refractivity (Wildman–Crippen MR) is 101 cm³/mol. The Morgan fingerprint density at radius 2 is 2.04 bits per heavy atom. The van der Waals surface area contributed by atoms with Gasteiger partial charge in [-0.2, -0.15) is 0 Å². The number of rotatable bonds is 8. The van der Waals surface area contributed by atoms with Crippen molar-refractivity contribution >= 4 is 24.0 Å². The first-order chi connectivity index (χ1) is 12.7. The van der Waals surface area contributed by atoms with Crippen LogP contribution in [0.5, 0.6) is 11.5 Å². The standard InChI is InChI=1S/C21H19NO4/c1-3-4-13-26-20-14-16(9-11-19(20)25-2)10-12-21(24)22-18-8-6-5-7-17(18)15-23/h1,5-12,14-15H,4,13H2,2H3,(H,22,24)/b12-10+. The lowest BCUT2D eigenvalue weighted by Crippen LogP contribution is -2.09. The first kappa shape index (κ1) is 18.8. The van der Waals surface area contributed by atoms with Crippen molar-refractivity contribution in [3.63, 3.8) is 0 Å². The van der Waals surface area contributed by atoms with E-state index in [9.17, 15) is 9.59 Å². The van der Waals surface area contributed by atoms with Crippen LogP contribution >= 0.6 is 0 Å². The Morgan fingerprint density at radius 1 is 1.23 bits per heavy atom. The molecule has 2 aromatic carbocycles. The number of benzene rings is 2. The maximum Gasteiger partial charge on any atom is 0.248 e. The first-order valence-electron chi connectivity index (χ1n) is 7.95. The summed E-state index contributed by atoms with van der Waals surface area (Å²) in [5, 5.41) is 2.68. The summed E-state index contributed by atoms with van der Waals surface area (Å²) in [7, 11) is 1.55. The molecule has 0 aliphatic carbocycles. The Labute approximate surface area is 152 Å². The molecule has 0 bridgehead atoms. The van der Waals surface area contributed by atoms with E-state index in [-0.39, 0.29) is 5.91 Å². The van der Waals surface area contributed by atoms with Gasteiger partial charge < -0.3 is 14.8 Å². The van der Waals surface area contributed by atoms with Crippen molar-refractivity contribution in [1.82, 2.24) is 0 Å². The third-order valence-corrected chi connectivity index (χ3v) is 3.46. The maximum atomic E-state index is 12.1. The maximum absolute atomic E-state index is 12.1. The molecular weight excluding hydrogens is 330 g/mol. The average molecular weight is 349 g/mol. The van der Waals surface area contributed by atoms with Gasteiger partial charge in [0.25, 0.3) is 0 Å². The molecule has 0 radical (unpaired) electrons. The van der Waals surface area contributed by atoms with Crippen LogP contribution in [0.1, 0.15) is 22.3 Å². The van der Waals surface area contributed by atoms with Gasteiger partial charge in [-0.3, -0.25) is 9.59 Å². The molecule has 0 atom stereocenters. The Bertz CT molecular complexity index is 849. The van der Waals surface area contributed by atoms with E-state index in [2.05, 4.69) is 11.2 Å². The van der Waals surface area contributed by atoms with E-state index in [4.69, 9.17) is 15.9 Å². The molecule has 0 spiro atoms. The van der Waals surface area contributed by atoms with Crippen molar-refractivity contribution in [1.29, 1.82) is 0 Å². The van der Waals surface area contributed by atoms with E-state index >= 15 is 0 Å². The lowest BCUT2D eigenvalue weighted by Gasteiger charge is -2.10. The summed E-state index contributed by atoms with van der Waals surface area (Å²) in [5.41, 5.74) is 1.65. The van der Waals surface area contributed by atoms with E-state index in [1.807, 2.05) is 0 Å². The molecule has 0 aliphatic heterocycles. The molecule has 0 heterocycles. The van der Waals surface area contributed by atoms with Crippen molar-refractivity contribution < 1.29 is 19.1 Å². The van der Waals surface area contributed by atoms with Gasteiger partial charge in [0.2, 0.25) is 5.91 Å². The second-order valence-electron chi connectivity index (χ2n) is 5.24. The van der Waals surface area contributed by atoms with Gasteiger partial charge >= 0.3 is 0 Å². The zero-order valence-corrected chi connectivity index (χ0v) is 14.4. The smallest absolute Gasteiger partial charge is 0.248 e. The molecule has 0 aliphatic rings. The molecule has 0 saturated carbocycles. The number of hydrogen-bond donors (Lipinski definition) is 1. The molecule has 5 heteroatoms. The first-order valence-corrected chi connectivity index (χ1v) is 7.95. The molecule has 1 amide bonds. The van der Waals surface area contributed by atoms with Gasteiger partial charge in [-0.1, -0.05) is 18.2 Å². The van der Waals surface area contributed by atoms with Crippen LogP contribution in [-0.2, 0) is 4.79 Å². The van der Waals surface area contributed by atoms with Gasteiger partial charge in [0.05, 0.1) is 19.4 Å². The lowest BCUT2D eigenvalue weighted by atomic mass is 10.1. The molecule has 5 nitrogen and oxygen atoms in total. The number of anilines is 1. The van der Waals surface area contributed by atoms with Crippen molar-refractivity contribution in [3.8, 4) is 23.8 Å². The van der Waals surface area contributed by atoms with Crippen molar-refractivity contribution in [2.24, 2.45) is 0 Å². The summed E-state index contributed by atoms with van der Waals surface area (Å²) in [6, 6.07) is 12.1. The normalized spacial score (nSPS) is 10.2. The summed E-state index contributed by atoms with van der Waals surface area (Å²) in [5.74, 6) is 3.30. The molecule has 0 saturated heterocycles. The third kappa shape index (κ3) is 5.25. The van der Waals surface area contributed by atoms with Crippen LogP contribution in [0.3, 0.4) is 0 Å². The monoisotopic (exact) mass is 349 g/mol. The van der Waals surface area contributed by atoms with Gasteiger partial charge in [0.1, 0.15) is 0 Å². The average Bonchev–Trinajstić information content (AvgIpc) is 2.67. The van der Waals surface area contributed by atoms with Gasteiger partial charge in [-0.05, 0) is 35.9 Å². The highest BCUT2D eigenvalue weighted by Crippen LogP contribution is 2.28. The SMILES string of the molecule is C#CCCOc1cc(/C=C/C(=O)Nc2ccccc2C=O)ccc1OC. The predicted octanol–water partition coefficient (Wildman–Crippen LogP) is 3.56. The minimum Gasteiger partial charge on any atom is -0.493 e. The summed E-state index contributed by atoms with van der Waals surface area (Å²) in [6.45, 7) is 0.378. The summed E-state index contributed by atoms with van der Waals surface area (Å²) < 4.78 is 10.8. The van der Waals surface area contributed by atoms with E-state index in [1.54, 1.807) is 55.7 Å². The highest BCUT2D eigenvalue weighted by Gasteiger charge is 2.06. The van der Waals surface area contributed by atoms with Gasteiger partial charge in [-0.25, -0.2) is 0 Å². The largest absolute Gasteiger partial charge is 0.493 e. The number of carbonyl (C=O) groups is 2. The number of terminal acetylenes is 1. The van der Waals surface area contributed by atoms with E-state index < -0.39 is 0 Å². The zero-order valence-electron chi connectivity index (χ0n) is 14.4. The number of amides is 1. The third-order valence-electron chi connectivity index (χ3n) is 3.46. The van der Waals surface area contributed by atoms with Gasteiger partial charge in [0.15, 0.2) is 17.8 Å². The van der Waals surface area contributed by atoms with Crippen LogP contribution in [0, 0.1) is 12.3 Å². The molecule has 2 aromatic rings.